The minimum atomic E-state index is -0.697. The van der Waals surface area contributed by atoms with Gasteiger partial charge in [0.15, 0.2) is 5.82 Å². The Morgan fingerprint density at radius 2 is 1.81 bits per heavy atom. The van der Waals surface area contributed by atoms with Crippen LogP contribution >= 0.6 is 11.6 Å². The van der Waals surface area contributed by atoms with Crippen LogP contribution in [0.1, 0.15) is 5.56 Å². The standard InChI is InChI=1S/C15H10ClF2N3/c1-8-6-7-10(17)13(12(8)18)20-14-9-4-2-3-5-11(9)19-15(16)21-14/h2-7H,1H3,(H,19,20,21). The van der Waals surface area contributed by atoms with Gasteiger partial charge in [-0.15, -0.1) is 0 Å². The van der Waals surface area contributed by atoms with Gasteiger partial charge in [-0.2, -0.15) is 4.98 Å². The second kappa shape index (κ2) is 5.26. The molecular weight excluding hydrogens is 296 g/mol. The number of hydrogen-bond donors (Lipinski definition) is 1. The smallest absolute Gasteiger partial charge is 0.224 e. The van der Waals surface area contributed by atoms with Crippen molar-refractivity contribution in [1.82, 2.24) is 9.97 Å². The summed E-state index contributed by atoms with van der Waals surface area (Å²) in [7, 11) is 0. The lowest BCUT2D eigenvalue weighted by molar-refractivity contribution is 0.585. The lowest BCUT2D eigenvalue weighted by atomic mass is 10.2. The molecule has 0 saturated carbocycles. The summed E-state index contributed by atoms with van der Waals surface area (Å²) in [6.45, 7) is 1.56. The average Bonchev–Trinajstić information content (AvgIpc) is 2.47. The van der Waals surface area contributed by atoms with Crippen molar-refractivity contribution >= 4 is 34.0 Å². The van der Waals surface area contributed by atoms with Gasteiger partial charge in [-0.25, -0.2) is 13.8 Å². The van der Waals surface area contributed by atoms with Crippen molar-refractivity contribution in [1.29, 1.82) is 0 Å². The fourth-order valence-electron chi connectivity index (χ4n) is 2.03. The van der Waals surface area contributed by atoms with Crippen molar-refractivity contribution in [3.05, 3.63) is 58.9 Å². The van der Waals surface area contributed by atoms with Gasteiger partial charge < -0.3 is 5.32 Å². The van der Waals surface area contributed by atoms with Crippen molar-refractivity contribution in [3.8, 4) is 0 Å². The minimum Gasteiger partial charge on any atom is -0.335 e. The molecule has 0 bridgehead atoms. The summed E-state index contributed by atoms with van der Waals surface area (Å²) in [6.07, 6.45) is 0. The minimum absolute atomic E-state index is 0.00432. The third-order valence-electron chi connectivity index (χ3n) is 3.10. The number of rotatable bonds is 2. The molecule has 0 aliphatic heterocycles. The summed E-state index contributed by atoms with van der Waals surface area (Å²) in [5, 5.41) is 3.31. The molecule has 3 aromatic rings. The van der Waals surface area contributed by atoms with Crippen molar-refractivity contribution < 1.29 is 8.78 Å². The summed E-state index contributed by atoms with van der Waals surface area (Å²) < 4.78 is 27.9. The monoisotopic (exact) mass is 305 g/mol. The summed E-state index contributed by atoms with van der Waals surface area (Å²) in [4.78, 5) is 8.09. The van der Waals surface area contributed by atoms with E-state index in [9.17, 15) is 8.78 Å². The largest absolute Gasteiger partial charge is 0.335 e. The number of nitrogens with one attached hydrogen (secondary N) is 1. The Bertz CT molecular complexity index is 837. The van der Waals surface area contributed by atoms with E-state index in [0.717, 1.165) is 0 Å². The van der Waals surface area contributed by atoms with E-state index >= 15 is 0 Å². The highest BCUT2D eigenvalue weighted by Crippen LogP contribution is 2.29. The molecule has 0 aliphatic carbocycles. The number of aromatic nitrogens is 2. The van der Waals surface area contributed by atoms with E-state index in [-0.39, 0.29) is 16.8 Å². The maximum atomic E-state index is 14.1. The van der Waals surface area contributed by atoms with Crippen LogP contribution in [0.25, 0.3) is 10.9 Å². The molecule has 0 atom stereocenters. The first-order valence-electron chi connectivity index (χ1n) is 6.20. The van der Waals surface area contributed by atoms with Crippen LogP contribution in [0.2, 0.25) is 5.28 Å². The Balaban J connectivity index is 2.17. The molecule has 3 rings (SSSR count). The quantitative estimate of drug-likeness (QED) is 0.702. The van der Waals surface area contributed by atoms with Crippen LogP contribution < -0.4 is 5.32 Å². The molecule has 0 saturated heterocycles. The first-order valence-corrected chi connectivity index (χ1v) is 6.58. The molecule has 0 fully saturated rings. The van der Waals surface area contributed by atoms with Crippen LogP contribution in [0.5, 0.6) is 0 Å². The first kappa shape index (κ1) is 13.7. The molecule has 106 valence electrons. The normalized spacial score (nSPS) is 10.9. The van der Waals surface area contributed by atoms with Crippen LogP contribution in [0.4, 0.5) is 20.3 Å². The van der Waals surface area contributed by atoms with Gasteiger partial charge in [-0.3, -0.25) is 0 Å². The number of hydrogen-bond acceptors (Lipinski definition) is 3. The number of nitrogens with zero attached hydrogens (tertiary/aromatic N) is 2. The molecule has 1 aromatic heterocycles. The highest BCUT2D eigenvalue weighted by molar-refractivity contribution is 6.28. The predicted molar refractivity (Wildman–Crippen MR) is 78.9 cm³/mol. The molecule has 0 unspecified atom stereocenters. The molecule has 6 heteroatoms. The van der Waals surface area contributed by atoms with E-state index < -0.39 is 11.6 Å². The summed E-state index contributed by atoms with van der Waals surface area (Å²) >= 11 is 5.85. The highest BCUT2D eigenvalue weighted by Gasteiger charge is 2.14. The van der Waals surface area contributed by atoms with Crippen LogP contribution in [0.15, 0.2) is 36.4 Å². The zero-order valence-electron chi connectivity index (χ0n) is 11.0. The Labute approximate surface area is 124 Å². The number of halogens is 3. The average molecular weight is 306 g/mol. The van der Waals surface area contributed by atoms with E-state index in [4.69, 9.17) is 11.6 Å². The number of aryl methyl sites for hydroxylation is 1. The van der Waals surface area contributed by atoms with Gasteiger partial charge in [0.2, 0.25) is 5.28 Å². The molecule has 0 aliphatic rings. The first-order chi connectivity index (χ1) is 10.1. The third-order valence-corrected chi connectivity index (χ3v) is 3.27. The highest BCUT2D eigenvalue weighted by atomic mass is 35.5. The molecule has 1 heterocycles. The fraction of sp³-hybridized carbons (Fsp3) is 0.0667. The molecule has 2 aromatic carbocycles. The summed E-state index contributed by atoms with van der Waals surface area (Å²) in [5.41, 5.74) is 0.673. The lowest BCUT2D eigenvalue weighted by Gasteiger charge is -2.11. The van der Waals surface area contributed by atoms with E-state index in [1.165, 1.54) is 12.1 Å². The molecule has 1 N–H and O–H groups in total. The fourth-order valence-corrected chi connectivity index (χ4v) is 2.21. The van der Waals surface area contributed by atoms with Gasteiger partial charge in [0.25, 0.3) is 0 Å². The summed E-state index contributed by atoms with van der Waals surface area (Å²) in [5.74, 6) is -1.10. The molecular formula is C15H10ClF2N3. The molecule has 0 radical (unpaired) electrons. The molecule has 0 spiro atoms. The van der Waals surface area contributed by atoms with Crippen molar-refractivity contribution in [2.24, 2.45) is 0 Å². The van der Waals surface area contributed by atoms with Crippen molar-refractivity contribution in [2.45, 2.75) is 6.92 Å². The van der Waals surface area contributed by atoms with E-state index in [0.29, 0.717) is 16.5 Å². The lowest BCUT2D eigenvalue weighted by Crippen LogP contribution is -2.02. The molecule has 3 nitrogen and oxygen atoms in total. The second-order valence-electron chi connectivity index (χ2n) is 4.54. The topological polar surface area (TPSA) is 37.8 Å². The van der Waals surface area contributed by atoms with Gasteiger partial charge in [0, 0.05) is 5.39 Å². The molecule has 0 amide bonds. The van der Waals surface area contributed by atoms with Crippen LogP contribution in [-0.2, 0) is 0 Å². The molecule has 21 heavy (non-hydrogen) atoms. The van der Waals surface area contributed by atoms with E-state index in [1.807, 2.05) is 0 Å². The Morgan fingerprint density at radius 1 is 1.05 bits per heavy atom. The SMILES string of the molecule is Cc1ccc(F)c(Nc2nc(Cl)nc3ccccc23)c1F. The number of anilines is 2. The Kier molecular flexibility index (Phi) is 3.43. The van der Waals surface area contributed by atoms with Gasteiger partial charge >= 0.3 is 0 Å². The van der Waals surface area contributed by atoms with Crippen LogP contribution in [0.3, 0.4) is 0 Å². The zero-order chi connectivity index (χ0) is 15.0. The van der Waals surface area contributed by atoms with E-state index in [2.05, 4.69) is 15.3 Å². The second-order valence-corrected chi connectivity index (χ2v) is 4.87. The van der Waals surface area contributed by atoms with Crippen molar-refractivity contribution in [3.63, 3.8) is 0 Å². The number of para-hydroxylation sites is 1. The third kappa shape index (κ3) is 2.52. The van der Waals surface area contributed by atoms with Gasteiger partial charge in [0.1, 0.15) is 17.3 Å². The van der Waals surface area contributed by atoms with Crippen LogP contribution in [-0.4, -0.2) is 9.97 Å². The number of fused-ring (bicyclic) bond motifs is 1. The van der Waals surface area contributed by atoms with Crippen LogP contribution in [0, 0.1) is 18.6 Å². The Morgan fingerprint density at radius 3 is 2.62 bits per heavy atom. The van der Waals surface area contributed by atoms with Gasteiger partial charge in [-0.1, -0.05) is 18.2 Å². The number of benzene rings is 2. The summed E-state index contributed by atoms with van der Waals surface area (Å²) in [6, 6.07) is 9.65. The Hall–Kier alpha value is -2.27. The maximum Gasteiger partial charge on any atom is 0.224 e. The van der Waals surface area contributed by atoms with E-state index in [1.54, 1.807) is 31.2 Å². The van der Waals surface area contributed by atoms with Gasteiger partial charge in [-0.05, 0) is 42.3 Å². The van der Waals surface area contributed by atoms with Gasteiger partial charge in [0.05, 0.1) is 5.52 Å². The zero-order valence-corrected chi connectivity index (χ0v) is 11.7. The van der Waals surface area contributed by atoms with Crippen molar-refractivity contribution in [2.75, 3.05) is 5.32 Å². The maximum absolute atomic E-state index is 14.1. The predicted octanol–water partition coefficient (Wildman–Crippen LogP) is 4.61.